The molecule has 0 aliphatic carbocycles. The molecule has 0 aliphatic rings. The van der Waals surface area contributed by atoms with Crippen LogP contribution in [0.25, 0.3) is 0 Å². The summed E-state index contributed by atoms with van der Waals surface area (Å²) in [5.74, 6) is 0. The molecule has 0 amide bonds. The van der Waals surface area contributed by atoms with E-state index in [2.05, 4.69) is 0 Å². The van der Waals surface area contributed by atoms with Crippen LogP contribution in [0.3, 0.4) is 0 Å². The monoisotopic (exact) mass is 296 g/mol. The van der Waals surface area contributed by atoms with Gasteiger partial charge in [-0.1, -0.05) is 6.07 Å². The molecule has 1 rings (SSSR count). The van der Waals surface area contributed by atoms with Gasteiger partial charge >= 0.3 is 6.18 Å². The topological polar surface area (TPSA) is 63.4 Å². The molecule has 0 atom stereocenters. The van der Waals surface area contributed by atoms with E-state index in [4.69, 9.17) is 5.73 Å². The first-order valence-electron chi connectivity index (χ1n) is 5.40. The van der Waals surface area contributed by atoms with E-state index < -0.39 is 22.7 Å². The highest BCUT2D eigenvalue weighted by atomic mass is 32.2. The molecular weight excluding hydrogens is 281 g/mol. The summed E-state index contributed by atoms with van der Waals surface area (Å²) in [6.07, 6.45) is -4.58. The zero-order valence-corrected chi connectivity index (χ0v) is 11.3. The average molecular weight is 296 g/mol. The molecule has 19 heavy (non-hydrogen) atoms. The maximum Gasteiger partial charge on any atom is 0.402 e. The van der Waals surface area contributed by atoms with E-state index in [1.807, 2.05) is 0 Å². The van der Waals surface area contributed by atoms with E-state index in [9.17, 15) is 21.6 Å². The van der Waals surface area contributed by atoms with Crippen molar-refractivity contribution in [3.8, 4) is 0 Å². The Kier molecular flexibility index (Phi) is 4.59. The number of nitrogens with two attached hydrogens (primary N) is 1. The molecule has 0 fully saturated rings. The second-order valence-electron chi connectivity index (χ2n) is 4.17. The summed E-state index contributed by atoms with van der Waals surface area (Å²) >= 11 is 0. The van der Waals surface area contributed by atoms with Gasteiger partial charge in [0.15, 0.2) is 0 Å². The normalized spacial score (nSPS) is 13.0. The highest BCUT2D eigenvalue weighted by molar-refractivity contribution is 7.89. The molecule has 2 N–H and O–H groups in total. The lowest BCUT2D eigenvalue weighted by atomic mass is 10.1. The van der Waals surface area contributed by atoms with Gasteiger partial charge in [-0.15, -0.1) is 0 Å². The van der Waals surface area contributed by atoms with E-state index in [-0.39, 0.29) is 15.7 Å². The van der Waals surface area contributed by atoms with Gasteiger partial charge in [-0.3, -0.25) is 0 Å². The molecule has 0 bridgehead atoms. The van der Waals surface area contributed by atoms with Crippen LogP contribution in [-0.4, -0.2) is 32.5 Å². The molecule has 108 valence electrons. The first kappa shape index (κ1) is 15.9. The molecule has 0 saturated carbocycles. The third-order valence-corrected chi connectivity index (χ3v) is 4.45. The third kappa shape index (κ3) is 3.92. The van der Waals surface area contributed by atoms with Crippen molar-refractivity contribution in [2.24, 2.45) is 5.73 Å². The summed E-state index contributed by atoms with van der Waals surface area (Å²) in [5, 5.41) is 0. The van der Waals surface area contributed by atoms with Gasteiger partial charge in [-0.05, 0) is 30.2 Å². The van der Waals surface area contributed by atoms with Gasteiger partial charge in [-0.2, -0.15) is 17.5 Å². The fraction of sp³-hybridized carbons (Fsp3) is 0.455. The van der Waals surface area contributed by atoms with Gasteiger partial charge in [0.2, 0.25) is 10.0 Å². The molecule has 0 aliphatic heterocycles. The molecule has 8 heteroatoms. The van der Waals surface area contributed by atoms with Crippen LogP contribution < -0.4 is 5.73 Å². The van der Waals surface area contributed by atoms with Gasteiger partial charge in [0.1, 0.15) is 6.54 Å². The zero-order valence-electron chi connectivity index (χ0n) is 10.5. The van der Waals surface area contributed by atoms with Crippen LogP contribution in [0.2, 0.25) is 0 Å². The second kappa shape index (κ2) is 5.48. The zero-order chi connectivity index (χ0) is 14.8. The number of benzene rings is 1. The van der Waals surface area contributed by atoms with Crippen molar-refractivity contribution in [2.75, 3.05) is 13.6 Å². The third-order valence-electron chi connectivity index (χ3n) is 2.65. The number of aryl methyl sites for hydroxylation is 1. The van der Waals surface area contributed by atoms with Crippen molar-refractivity contribution >= 4 is 10.0 Å². The minimum atomic E-state index is -4.58. The standard InChI is InChI=1S/C11H15F3N2O2S/c1-8-3-4-10(5-9(8)6-15)19(17,18)16(2)7-11(12,13)14/h3-5H,6-7,15H2,1-2H3. The molecule has 0 unspecified atom stereocenters. The Hall–Kier alpha value is -1.12. The Morgan fingerprint density at radius 2 is 1.89 bits per heavy atom. The Morgan fingerprint density at radius 1 is 1.32 bits per heavy atom. The second-order valence-corrected chi connectivity index (χ2v) is 6.21. The maximum absolute atomic E-state index is 12.2. The van der Waals surface area contributed by atoms with Crippen molar-refractivity contribution in [2.45, 2.75) is 24.5 Å². The lowest BCUT2D eigenvalue weighted by Gasteiger charge is -2.19. The van der Waals surface area contributed by atoms with Gasteiger partial charge in [0.25, 0.3) is 0 Å². The van der Waals surface area contributed by atoms with E-state index in [1.54, 1.807) is 6.92 Å². The summed E-state index contributed by atoms with van der Waals surface area (Å²) < 4.78 is 60.9. The highest BCUT2D eigenvalue weighted by Gasteiger charge is 2.34. The van der Waals surface area contributed by atoms with Crippen LogP contribution in [0.1, 0.15) is 11.1 Å². The molecule has 1 aromatic rings. The highest BCUT2D eigenvalue weighted by Crippen LogP contribution is 2.22. The maximum atomic E-state index is 12.2. The van der Waals surface area contributed by atoms with E-state index in [1.165, 1.54) is 18.2 Å². The molecular formula is C11H15F3N2O2S. The molecule has 0 aromatic heterocycles. The minimum absolute atomic E-state index is 0.123. The van der Waals surface area contributed by atoms with E-state index >= 15 is 0 Å². The molecule has 0 saturated heterocycles. The summed E-state index contributed by atoms with van der Waals surface area (Å²) in [7, 11) is -3.27. The Morgan fingerprint density at radius 3 is 2.37 bits per heavy atom. The van der Waals surface area contributed by atoms with E-state index in [0.29, 0.717) is 5.56 Å². The predicted molar refractivity (Wildman–Crippen MR) is 64.9 cm³/mol. The largest absolute Gasteiger partial charge is 0.402 e. The fourth-order valence-corrected chi connectivity index (χ4v) is 2.75. The van der Waals surface area contributed by atoms with Crippen LogP contribution in [0.4, 0.5) is 13.2 Å². The molecule has 0 radical (unpaired) electrons. The average Bonchev–Trinajstić information content (AvgIpc) is 2.27. The Labute approximate surface area is 110 Å². The van der Waals surface area contributed by atoms with Crippen LogP contribution in [0, 0.1) is 6.92 Å². The van der Waals surface area contributed by atoms with Crippen LogP contribution in [-0.2, 0) is 16.6 Å². The Bertz CT molecular complexity index is 556. The summed E-state index contributed by atoms with van der Waals surface area (Å²) in [6.45, 7) is 0.345. The molecule has 0 heterocycles. The van der Waals surface area contributed by atoms with Crippen molar-refractivity contribution in [1.82, 2.24) is 4.31 Å². The first-order chi connectivity index (χ1) is 8.58. The van der Waals surface area contributed by atoms with Gasteiger partial charge < -0.3 is 5.73 Å². The van der Waals surface area contributed by atoms with Crippen LogP contribution in [0.5, 0.6) is 0 Å². The fourth-order valence-electron chi connectivity index (χ4n) is 1.55. The number of rotatable bonds is 4. The molecule has 4 nitrogen and oxygen atoms in total. The molecule has 0 spiro atoms. The van der Waals surface area contributed by atoms with Crippen molar-refractivity contribution in [3.63, 3.8) is 0 Å². The minimum Gasteiger partial charge on any atom is -0.326 e. The summed E-state index contributed by atoms with van der Waals surface area (Å²) in [6, 6.07) is 4.10. The number of halogens is 3. The number of nitrogens with zero attached hydrogens (tertiary/aromatic N) is 1. The number of alkyl halides is 3. The predicted octanol–water partition coefficient (Wildman–Crippen LogP) is 1.64. The smallest absolute Gasteiger partial charge is 0.326 e. The SMILES string of the molecule is Cc1ccc(S(=O)(=O)N(C)CC(F)(F)F)cc1CN. The van der Waals surface area contributed by atoms with Gasteiger partial charge in [-0.25, -0.2) is 8.42 Å². The summed E-state index contributed by atoms with van der Waals surface area (Å²) in [4.78, 5) is -0.190. The van der Waals surface area contributed by atoms with Gasteiger partial charge in [0, 0.05) is 13.6 Å². The van der Waals surface area contributed by atoms with Crippen molar-refractivity contribution < 1.29 is 21.6 Å². The van der Waals surface area contributed by atoms with Crippen LogP contribution >= 0.6 is 0 Å². The van der Waals surface area contributed by atoms with E-state index in [0.717, 1.165) is 12.6 Å². The number of sulfonamides is 1. The lowest BCUT2D eigenvalue weighted by molar-refractivity contribution is -0.134. The van der Waals surface area contributed by atoms with Crippen LogP contribution in [0.15, 0.2) is 23.1 Å². The number of hydrogen-bond acceptors (Lipinski definition) is 3. The quantitative estimate of drug-likeness (QED) is 0.918. The van der Waals surface area contributed by atoms with Crippen molar-refractivity contribution in [1.29, 1.82) is 0 Å². The molecule has 1 aromatic carbocycles. The van der Waals surface area contributed by atoms with Crippen molar-refractivity contribution in [3.05, 3.63) is 29.3 Å². The summed E-state index contributed by atoms with van der Waals surface area (Å²) in [5.41, 5.74) is 6.83. The Balaban J connectivity index is 3.13. The van der Waals surface area contributed by atoms with Gasteiger partial charge in [0.05, 0.1) is 4.90 Å². The number of hydrogen-bond donors (Lipinski definition) is 1. The first-order valence-corrected chi connectivity index (χ1v) is 6.84. The lowest BCUT2D eigenvalue weighted by Crippen LogP contribution is -2.35.